The van der Waals surface area contributed by atoms with Crippen LogP contribution >= 0.6 is 0 Å². The number of carbonyl (C=O) groups excluding carboxylic acids is 1. The highest BCUT2D eigenvalue weighted by Crippen LogP contribution is 2.23. The van der Waals surface area contributed by atoms with Gasteiger partial charge in [-0.3, -0.25) is 4.79 Å². The van der Waals surface area contributed by atoms with E-state index in [0.717, 1.165) is 5.56 Å². The molecule has 2 aromatic carbocycles. The summed E-state index contributed by atoms with van der Waals surface area (Å²) in [6.07, 6.45) is 0.709. The van der Waals surface area contributed by atoms with E-state index in [9.17, 15) is 9.18 Å². The van der Waals surface area contributed by atoms with Gasteiger partial charge in [-0.2, -0.15) is 0 Å². The summed E-state index contributed by atoms with van der Waals surface area (Å²) in [4.78, 5) is 11.3. The van der Waals surface area contributed by atoms with E-state index < -0.39 is 5.91 Å². The summed E-state index contributed by atoms with van der Waals surface area (Å²) in [5, 5.41) is 3.24. The molecule has 1 amide bonds. The Kier molecular flexibility index (Phi) is 4.42. The molecule has 21 heavy (non-hydrogen) atoms. The number of halogens is 1. The van der Waals surface area contributed by atoms with Crippen molar-refractivity contribution in [1.29, 1.82) is 0 Å². The van der Waals surface area contributed by atoms with Gasteiger partial charge in [-0.05, 0) is 43.2 Å². The van der Waals surface area contributed by atoms with Gasteiger partial charge in [0.05, 0.1) is 16.9 Å². The summed E-state index contributed by atoms with van der Waals surface area (Å²) >= 11 is 0. The molecule has 0 heterocycles. The van der Waals surface area contributed by atoms with Crippen LogP contribution in [0.15, 0.2) is 42.5 Å². The Balaban J connectivity index is 2.09. The van der Waals surface area contributed by atoms with E-state index in [1.54, 1.807) is 30.3 Å². The van der Waals surface area contributed by atoms with Gasteiger partial charge >= 0.3 is 0 Å². The highest BCUT2D eigenvalue weighted by Gasteiger charge is 2.11. The van der Waals surface area contributed by atoms with Crippen molar-refractivity contribution in [1.82, 2.24) is 0 Å². The molecule has 2 aromatic rings. The molecule has 0 aliphatic heterocycles. The fraction of sp³-hybridized carbons (Fsp3) is 0.188. The molecule has 0 radical (unpaired) electrons. The standard InChI is InChI=1S/C16H18FN3O/c1-10(9-11-5-7-12(17)8-6-11)20-14-4-2-3-13(15(14)18)16(19)21/h2-8,10,20H,9,18H2,1H3,(H2,19,21). The maximum atomic E-state index is 12.9. The minimum Gasteiger partial charge on any atom is -0.396 e. The van der Waals surface area contributed by atoms with Gasteiger partial charge in [-0.15, -0.1) is 0 Å². The fourth-order valence-electron chi connectivity index (χ4n) is 2.20. The Morgan fingerprint density at radius 2 is 1.90 bits per heavy atom. The minimum absolute atomic E-state index is 0.0703. The molecule has 0 spiro atoms. The summed E-state index contributed by atoms with van der Waals surface area (Å²) in [5.74, 6) is -0.805. The quantitative estimate of drug-likeness (QED) is 0.739. The van der Waals surface area contributed by atoms with Crippen molar-refractivity contribution in [2.75, 3.05) is 11.1 Å². The number of anilines is 2. The third-order valence-electron chi connectivity index (χ3n) is 3.23. The van der Waals surface area contributed by atoms with E-state index in [1.807, 2.05) is 6.92 Å². The van der Waals surface area contributed by atoms with Crippen molar-refractivity contribution >= 4 is 17.3 Å². The van der Waals surface area contributed by atoms with E-state index in [4.69, 9.17) is 11.5 Å². The maximum Gasteiger partial charge on any atom is 0.250 e. The van der Waals surface area contributed by atoms with Crippen LogP contribution in [0.5, 0.6) is 0 Å². The van der Waals surface area contributed by atoms with Crippen molar-refractivity contribution in [2.45, 2.75) is 19.4 Å². The van der Waals surface area contributed by atoms with E-state index in [0.29, 0.717) is 23.4 Å². The average Bonchev–Trinajstić information content (AvgIpc) is 2.43. The van der Waals surface area contributed by atoms with E-state index in [2.05, 4.69) is 5.32 Å². The number of rotatable bonds is 5. The summed E-state index contributed by atoms with van der Waals surface area (Å²) in [7, 11) is 0. The highest BCUT2D eigenvalue weighted by molar-refractivity contribution is 6.00. The highest BCUT2D eigenvalue weighted by atomic mass is 19.1. The maximum absolute atomic E-state index is 12.9. The van der Waals surface area contributed by atoms with Crippen molar-refractivity contribution in [3.05, 3.63) is 59.4 Å². The first-order chi connectivity index (χ1) is 9.97. The van der Waals surface area contributed by atoms with E-state index in [-0.39, 0.29) is 11.9 Å². The SMILES string of the molecule is CC(Cc1ccc(F)cc1)Nc1cccc(C(N)=O)c1N. The first-order valence-electron chi connectivity index (χ1n) is 6.66. The largest absolute Gasteiger partial charge is 0.396 e. The second-order valence-corrected chi connectivity index (χ2v) is 5.01. The number of nitrogen functional groups attached to an aromatic ring is 1. The van der Waals surface area contributed by atoms with Crippen LogP contribution in [0.25, 0.3) is 0 Å². The molecule has 0 saturated carbocycles. The molecule has 2 rings (SSSR count). The third-order valence-corrected chi connectivity index (χ3v) is 3.23. The van der Waals surface area contributed by atoms with Crippen molar-refractivity contribution in [3.8, 4) is 0 Å². The van der Waals surface area contributed by atoms with Gasteiger partial charge in [-0.1, -0.05) is 18.2 Å². The zero-order valence-corrected chi connectivity index (χ0v) is 11.8. The molecule has 5 N–H and O–H groups in total. The molecule has 0 bridgehead atoms. The number of hydrogen-bond donors (Lipinski definition) is 3. The normalized spacial score (nSPS) is 11.9. The van der Waals surface area contributed by atoms with Crippen molar-refractivity contribution < 1.29 is 9.18 Å². The monoisotopic (exact) mass is 287 g/mol. The molecule has 1 unspecified atom stereocenters. The lowest BCUT2D eigenvalue weighted by atomic mass is 10.1. The average molecular weight is 287 g/mol. The molecule has 110 valence electrons. The van der Waals surface area contributed by atoms with Gasteiger partial charge in [0.1, 0.15) is 5.82 Å². The molecule has 5 heteroatoms. The Hall–Kier alpha value is -2.56. The first kappa shape index (κ1) is 14.8. The second kappa shape index (κ2) is 6.26. The van der Waals surface area contributed by atoms with Crippen LogP contribution in [0.1, 0.15) is 22.8 Å². The molecule has 0 aliphatic rings. The van der Waals surface area contributed by atoms with Crippen LogP contribution < -0.4 is 16.8 Å². The summed E-state index contributed by atoms with van der Waals surface area (Å²) < 4.78 is 12.9. The van der Waals surface area contributed by atoms with Gasteiger partial charge in [0.15, 0.2) is 0 Å². The number of nitrogens with two attached hydrogens (primary N) is 2. The Labute approximate surface area is 123 Å². The zero-order valence-electron chi connectivity index (χ0n) is 11.8. The Bertz CT molecular complexity index is 640. The van der Waals surface area contributed by atoms with Gasteiger partial charge in [-0.25, -0.2) is 4.39 Å². The van der Waals surface area contributed by atoms with Gasteiger partial charge in [0.2, 0.25) is 0 Å². The topological polar surface area (TPSA) is 81.1 Å². The molecule has 4 nitrogen and oxygen atoms in total. The molecule has 0 aliphatic carbocycles. The van der Waals surface area contributed by atoms with Crippen molar-refractivity contribution in [2.24, 2.45) is 5.73 Å². The fourth-order valence-corrected chi connectivity index (χ4v) is 2.20. The third kappa shape index (κ3) is 3.72. The van der Waals surface area contributed by atoms with Crippen LogP contribution in [-0.4, -0.2) is 11.9 Å². The molecular formula is C16H18FN3O. The number of benzene rings is 2. The second-order valence-electron chi connectivity index (χ2n) is 5.01. The predicted octanol–water partition coefficient (Wildman–Crippen LogP) is 2.55. The van der Waals surface area contributed by atoms with Crippen LogP contribution in [0.2, 0.25) is 0 Å². The zero-order chi connectivity index (χ0) is 15.4. The van der Waals surface area contributed by atoms with Gasteiger partial charge < -0.3 is 16.8 Å². The molecule has 0 aromatic heterocycles. The Morgan fingerprint density at radius 3 is 2.52 bits per heavy atom. The van der Waals surface area contributed by atoms with Crippen LogP contribution in [0, 0.1) is 5.82 Å². The lowest BCUT2D eigenvalue weighted by Crippen LogP contribution is -2.20. The summed E-state index contributed by atoms with van der Waals surface area (Å²) in [5.41, 5.74) is 13.5. The van der Waals surface area contributed by atoms with Gasteiger partial charge in [0, 0.05) is 6.04 Å². The summed E-state index contributed by atoms with van der Waals surface area (Å²) in [6.45, 7) is 1.99. The lowest BCUT2D eigenvalue weighted by Gasteiger charge is -2.18. The molecular weight excluding hydrogens is 269 g/mol. The van der Waals surface area contributed by atoms with E-state index in [1.165, 1.54) is 12.1 Å². The van der Waals surface area contributed by atoms with Crippen molar-refractivity contribution in [3.63, 3.8) is 0 Å². The molecule has 0 fully saturated rings. The Morgan fingerprint density at radius 1 is 1.24 bits per heavy atom. The number of carbonyl (C=O) groups is 1. The van der Waals surface area contributed by atoms with Crippen LogP contribution in [0.4, 0.5) is 15.8 Å². The lowest BCUT2D eigenvalue weighted by molar-refractivity contribution is 0.100. The summed E-state index contributed by atoms with van der Waals surface area (Å²) in [6, 6.07) is 11.5. The number of hydrogen-bond acceptors (Lipinski definition) is 3. The number of nitrogens with one attached hydrogen (secondary N) is 1. The minimum atomic E-state index is -0.553. The van der Waals surface area contributed by atoms with Crippen LogP contribution in [0.3, 0.4) is 0 Å². The van der Waals surface area contributed by atoms with Crippen LogP contribution in [-0.2, 0) is 6.42 Å². The predicted molar refractivity (Wildman–Crippen MR) is 82.6 cm³/mol. The first-order valence-corrected chi connectivity index (χ1v) is 6.66. The van der Waals surface area contributed by atoms with E-state index >= 15 is 0 Å². The number of primary amides is 1. The number of para-hydroxylation sites is 1. The molecule has 1 atom stereocenters. The van der Waals surface area contributed by atoms with Gasteiger partial charge in [0.25, 0.3) is 5.91 Å². The number of amides is 1. The smallest absolute Gasteiger partial charge is 0.250 e. The molecule has 0 saturated heterocycles.